The highest BCUT2D eigenvalue weighted by Crippen LogP contribution is 2.12. The van der Waals surface area contributed by atoms with Gasteiger partial charge in [-0.05, 0) is 25.7 Å². The van der Waals surface area contributed by atoms with Crippen LogP contribution in [0.5, 0.6) is 0 Å². The van der Waals surface area contributed by atoms with Crippen LogP contribution < -0.4 is 5.32 Å². The zero-order valence-corrected chi connectivity index (χ0v) is 9.96. The summed E-state index contributed by atoms with van der Waals surface area (Å²) < 4.78 is 13.5. The third kappa shape index (κ3) is 3.76. The maximum absolute atomic E-state index is 13.5. The summed E-state index contributed by atoms with van der Waals surface area (Å²) in [6.07, 6.45) is 1.81. The van der Waals surface area contributed by atoms with Gasteiger partial charge in [-0.1, -0.05) is 18.2 Å². The zero-order valence-electron chi connectivity index (χ0n) is 9.96. The largest absolute Gasteiger partial charge is 0.316 e. The number of rotatable bonds is 6. The minimum atomic E-state index is -0.143. The van der Waals surface area contributed by atoms with Crippen molar-refractivity contribution in [2.45, 2.75) is 13.1 Å². The van der Waals surface area contributed by atoms with Crippen molar-refractivity contribution in [3.63, 3.8) is 0 Å². The molecule has 0 aliphatic heterocycles. The van der Waals surface area contributed by atoms with E-state index in [0.29, 0.717) is 6.54 Å². The van der Waals surface area contributed by atoms with E-state index in [9.17, 15) is 4.39 Å². The highest BCUT2D eigenvalue weighted by Gasteiger charge is 2.05. The summed E-state index contributed by atoms with van der Waals surface area (Å²) in [6.45, 7) is 5.79. The summed E-state index contributed by atoms with van der Waals surface area (Å²) in [7, 11) is 3.83. The molecule has 2 nitrogen and oxygen atoms in total. The van der Waals surface area contributed by atoms with Gasteiger partial charge in [-0.2, -0.15) is 0 Å². The lowest BCUT2D eigenvalue weighted by Gasteiger charge is -2.15. The molecule has 0 radical (unpaired) electrons. The minimum absolute atomic E-state index is 0.143. The quantitative estimate of drug-likeness (QED) is 0.742. The predicted octanol–water partition coefficient (Wildman–Crippen LogP) is 2.16. The van der Waals surface area contributed by atoms with Crippen molar-refractivity contribution in [2.75, 3.05) is 20.6 Å². The second-order valence-corrected chi connectivity index (χ2v) is 3.94. The number of nitrogens with one attached hydrogen (secondary N) is 1. The summed E-state index contributed by atoms with van der Waals surface area (Å²) in [6, 6.07) is 5.25. The van der Waals surface area contributed by atoms with Gasteiger partial charge in [0.25, 0.3) is 0 Å². The summed E-state index contributed by atoms with van der Waals surface area (Å²) in [5.41, 5.74) is 1.84. The third-order valence-electron chi connectivity index (χ3n) is 2.37. The van der Waals surface area contributed by atoms with Crippen LogP contribution in [0.3, 0.4) is 0 Å². The van der Waals surface area contributed by atoms with Crippen molar-refractivity contribution in [1.29, 1.82) is 0 Å². The first-order chi connectivity index (χ1) is 7.67. The van der Waals surface area contributed by atoms with Crippen LogP contribution in [0.2, 0.25) is 0 Å². The summed E-state index contributed by atoms with van der Waals surface area (Å²) >= 11 is 0. The molecule has 0 aliphatic rings. The number of hydrogen-bond acceptors (Lipinski definition) is 2. The van der Waals surface area contributed by atoms with Gasteiger partial charge in [0.1, 0.15) is 5.82 Å². The van der Waals surface area contributed by atoms with E-state index < -0.39 is 0 Å². The van der Waals surface area contributed by atoms with E-state index in [4.69, 9.17) is 0 Å². The molecule has 0 saturated carbocycles. The Morgan fingerprint density at radius 1 is 1.50 bits per heavy atom. The molecule has 1 N–H and O–H groups in total. The molecule has 0 bridgehead atoms. The number of benzene rings is 1. The topological polar surface area (TPSA) is 15.3 Å². The molecule has 0 fully saturated rings. The van der Waals surface area contributed by atoms with Crippen molar-refractivity contribution in [3.05, 3.63) is 47.8 Å². The van der Waals surface area contributed by atoms with Crippen LogP contribution in [0.15, 0.2) is 30.9 Å². The summed E-state index contributed by atoms with van der Waals surface area (Å²) in [4.78, 5) is 2.02. The average Bonchev–Trinajstić information content (AvgIpc) is 2.24. The fourth-order valence-electron chi connectivity index (χ4n) is 1.64. The van der Waals surface area contributed by atoms with Crippen LogP contribution in [0.4, 0.5) is 4.39 Å². The molecule has 0 amide bonds. The molecule has 0 aromatic heterocycles. The minimum Gasteiger partial charge on any atom is -0.316 e. The Labute approximate surface area is 96.8 Å². The van der Waals surface area contributed by atoms with Gasteiger partial charge in [-0.15, -0.1) is 6.58 Å². The second kappa shape index (κ2) is 6.40. The molecule has 0 atom stereocenters. The van der Waals surface area contributed by atoms with Crippen molar-refractivity contribution in [3.8, 4) is 0 Å². The zero-order chi connectivity index (χ0) is 12.0. The lowest BCUT2D eigenvalue weighted by atomic mass is 10.1. The van der Waals surface area contributed by atoms with Crippen molar-refractivity contribution < 1.29 is 4.39 Å². The van der Waals surface area contributed by atoms with Gasteiger partial charge >= 0.3 is 0 Å². The molecule has 0 unspecified atom stereocenters. The molecule has 1 rings (SSSR count). The van der Waals surface area contributed by atoms with Crippen molar-refractivity contribution in [2.24, 2.45) is 0 Å². The van der Waals surface area contributed by atoms with Gasteiger partial charge in [-0.3, -0.25) is 4.90 Å². The maximum Gasteiger partial charge on any atom is 0.127 e. The van der Waals surface area contributed by atoms with Gasteiger partial charge in [0.2, 0.25) is 0 Å². The standard InChI is InChI=1S/C13H19FN2/c1-4-7-16(3)10-12-8-11(9-15-2)5-6-13(12)14/h4-6,8,15H,1,7,9-10H2,2-3H3. The highest BCUT2D eigenvalue weighted by molar-refractivity contribution is 5.25. The van der Waals surface area contributed by atoms with E-state index >= 15 is 0 Å². The molecule has 0 aliphatic carbocycles. The van der Waals surface area contributed by atoms with Crippen molar-refractivity contribution >= 4 is 0 Å². The second-order valence-electron chi connectivity index (χ2n) is 3.94. The number of likely N-dealkylation sites (N-methyl/N-ethyl adjacent to an activating group) is 1. The lowest BCUT2D eigenvalue weighted by Crippen LogP contribution is -2.18. The van der Waals surface area contributed by atoms with Gasteiger partial charge in [0.05, 0.1) is 0 Å². The van der Waals surface area contributed by atoms with E-state index in [1.54, 1.807) is 0 Å². The normalized spacial score (nSPS) is 10.8. The fourth-order valence-corrected chi connectivity index (χ4v) is 1.64. The molecule has 1 aromatic carbocycles. The van der Waals surface area contributed by atoms with Crippen molar-refractivity contribution in [1.82, 2.24) is 10.2 Å². The van der Waals surface area contributed by atoms with Gasteiger partial charge < -0.3 is 5.32 Å². The summed E-state index contributed by atoms with van der Waals surface area (Å²) in [5.74, 6) is -0.143. The molecule has 3 heteroatoms. The molecule has 0 heterocycles. The Morgan fingerprint density at radius 2 is 2.25 bits per heavy atom. The van der Waals surface area contributed by atoms with E-state index in [0.717, 1.165) is 24.2 Å². The van der Waals surface area contributed by atoms with Crippen LogP contribution in [0.25, 0.3) is 0 Å². The molecular weight excluding hydrogens is 203 g/mol. The molecule has 16 heavy (non-hydrogen) atoms. The maximum atomic E-state index is 13.5. The van der Waals surface area contributed by atoms with Gasteiger partial charge in [0.15, 0.2) is 0 Å². The molecule has 1 aromatic rings. The number of nitrogens with zero attached hydrogens (tertiary/aromatic N) is 1. The molecule has 0 spiro atoms. The third-order valence-corrected chi connectivity index (χ3v) is 2.37. The van der Waals surface area contributed by atoms with Crippen LogP contribution in [0.1, 0.15) is 11.1 Å². The number of hydrogen-bond donors (Lipinski definition) is 1. The fraction of sp³-hybridized carbons (Fsp3) is 0.385. The molecule has 0 saturated heterocycles. The molecular formula is C13H19FN2. The molecule has 88 valence electrons. The Morgan fingerprint density at radius 3 is 2.88 bits per heavy atom. The Balaban J connectivity index is 2.76. The number of halogens is 1. The van der Waals surface area contributed by atoms with Crippen LogP contribution >= 0.6 is 0 Å². The summed E-state index contributed by atoms with van der Waals surface area (Å²) in [5, 5.41) is 3.06. The Bertz CT molecular complexity index is 350. The Kier molecular flexibility index (Phi) is 5.15. The van der Waals surface area contributed by atoms with E-state index in [1.165, 1.54) is 6.07 Å². The smallest absolute Gasteiger partial charge is 0.127 e. The first kappa shape index (κ1) is 12.9. The SMILES string of the molecule is C=CCN(C)Cc1cc(CNC)ccc1F. The van der Waals surface area contributed by atoms with Gasteiger partial charge in [0, 0.05) is 25.2 Å². The van der Waals surface area contributed by atoms with E-state index in [2.05, 4.69) is 11.9 Å². The average molecular weight is 222 g/mol. The van der Waals surface area contributed by atoms with Gasteiger partial charge in [-0.25, -0.2) is 4.39 Å². The van der Waals surface area contributed by atoms with Crippen LogP contribution in [0, 0.1) is 5.82 Å². The first-order valence-corrected chi connectivity index (χ1v) is 5.38. The Hall–Kier alpha value is -1.19. The lowest BCUT2D eigenvalue weighted by molar-refractivity contribution is 0.356. The highest BCUT2D eigenvalue weighted by atomic mass is 19.1. The monoisotopic (exact) mass is 222 g/mol. The predicted molar refractivity (Wildman–Crippen MR) is 65.7 cm³/mol. The van der Waals surface area contributed by atoms with E-state index in [-0.39, 0.29) is 5.82 Å². The van der Waals surface area contributed by atoms with E-state index in [1.807, 2.05) is 37.2 Å². The first-order valence-electron chi connectivity index (χ1n) is 5.38. The van der Waals surface area contributed by atoms with Crippen LogP contribution in [-0.2, 0) is 13.1 Å². The van der Waals surface area contributed by atoms with Crippen LogP contribution in [-0.4, -0.2) is 25.5 Å².